The van der Waals surface area contributed by atoms with Crippen molar-refractivity contribution in [1.29, 1.82) is 0 Å². The molecule has 0 N–H and O–H groups in total. The molecule has 22 heavy (non-hydrogen) atoms. The zero-order valence-corrected chi connectivity index (χ0v) is 10.9. The highest BCUT2D eigenvalue weighted by Gasteiger charge is 2.40. The van der Waals surface area contributed by atoms with Gasteiger partial charge in [-0.15, -0.1) is 0 Å². The Bertz CT molecular complexity index is 644. The van der Waals surface area contributed by atoms with Crippen molar-refractivity contribution in [2.45, 2.75) is 6.18 Å². The minimum absolute atomic E-state index is 0.143. The summed E-state index contributed by atoms with van der Waals surface area (Å²) < 4.78 is 40.1. The van der Waals surface area contributed by atoms with Gasteiger partial charge in [0.05, 0.1) is 23.6 Å². The fraction of sp³-hybridized carbons (Fsp3) is 0.333. The lowest BCUT2D eigenvalue weighted by atomic mass is 10.1. The molecule has 0 atom stereocenters. The topological polar surface area (TPSA) is 89.8 Å². The molecule has 7 nitrogen and oxygen atoms in total. The lowest BCUT2D eigenvalue weighted by Gasteiger charge is -2.14. The second kappa shape index (κ2) is 5.72. The molecule has 0 aromatic heterocycles. The van der Waals surface area contributed by atoms with E-state index in [-0.39, 0.29) is 11.1 Å². The van der Waals surface area contributed by atoms with Crippen LogP contribution in [0.25, 0.3) is 0 Å². The average molecular weight is 318 g/mol. The van der Waals surface area contributed by atoms with Crippen molar-refractivity contribution in [3.8, 4) is 0 Å². The molecular formula is C12H9F3N2O5. The van der Waals surface area contributed by atoms with Crippen LogP contribution < -0.4 is 0 Å². The van der Waals surface area contributed by atoms with Gasteiger partial charge in [-0.2, -0.15) is 13.2 Å². The highest BCUT2D eigenvalue weighted by Crippen LogP contribution is 2.30. The van der Waals surface area contributed by atoms with Crippen LogP contribution in [0.15, 0.2) is 18.2 Å². The largest absolute Gasteiger partial charge is 0.411 e. The van der Waals surface area contributed by atoms with Gasteiger partial charge in [-0.25, -0.2) is 0 Å². The quantitative estimate of drug-likeness (QED) is 0.357. The normalized spacial score (nSPS) is 14.4. The van der Waals surface area contributed by atoms with Crippen LogP contribution in [0.1, 0.15) is 20.7 Å². The maximum Gasteiger partial charge on any atom is 0.411 e. The van der Waals surface area contributed by atoms with Crippen LogP contribution in [0.2, 0.25) is 0 Å². The van der Waals surface area contributed by atoms with Crippen molar-refractivity contribution in [3.63, 3.8) is 0 Å². The van der Waals surface area contributed by atoms with Crippen molar-refractivity contribution in [3.05, 3.63) is 39.4 Å². The number of alkyl halides is 3. The number of imide groups is 1. The van der Waals surface area contributed by atoms with Crippen LogP contribution >= 0.6 is 0 Å². The third kappa shape index (κ3) is 3.06. The number of halogens is 3. The summed E-state index contributed by atoms with van der Waals surface area (Å²) in [6.45, 7) is -2.44. The molecule has 10 heteroatoms. The number of nitro benzene ring substituents is 1. The molecule has 1 aromatic rings. The predicted octanol–water partition coefficient (Wildman–Crippen LogP) is 1.77. The molecule has 0 saturated heterocycles. The number of rotatable bonds is 5. The summed E-state index contributed by atoms with van der Waals surface area (Å²) in [5.41, 5.74) is -1.02. The van der Waals surface area contributed by atoms with E-state index in [1.54, 1.807) is 0 Å². The Labute approximate surface area is 121 Å². The predicted molar refractivity (Wildman–Crippen MR) is 65.3 cm³/mol. The lowest BCUT2D eigenvalue weighted by Crippen LogP contribution is -2.34. The van der Waals surface area contributed by atoms with Gasteiger partial charge >= 0.3 is 6.18 Å². The molecule has 0 bridgehead atoms. The third-order valence-corrected chi connectivity index (χ3v) is 2.90. The number of hydrogen-bond donors (Lipinski definition) is 0. The summed E-state index contributed by atoms with van der Waals surface area (Å²) in [6, 6.07) is 3.58. The van der Waals surface area contributed by atoms with Crippen molar-refractivity contribution in [1.82, 2.24) is 4.90 Å². The molecular weight excluding hydrogens is 309 g/mol. The molecule has 1 aromatic carbocycles. The monoisotopic (exact) mass is 318 g/mol. The maximum atomic E-state index is 12.0. The number of ether oxygens (including phenoxy) is 1. The second-order valence-corrected chi connectivity index (χ2v) is 4.39. The maximum absolute atomic E-state index is 12.0. The van der Waals surface area contributed by atoms with E-state index >= 15 is 0 Å². The van der Waals surface area contributed by atoms with Crippen LogP contribution in [-0.2, 0) is 4.74 Å². The number of hydrogen-bond acceptors (Lipinski definition) is 5. The molecule has 0 aliphatic carbocycles. The fourth-order valence-electron chi connectivity index (χ4n) is 2.01. The molecule has 1 heterocycles. The van der Waals surface area contributed by atoms with Gasteiger partial charge in [0.1, 0.15) is 12.2 Å². The van der Waals surface area contributed by atoms with Crippen molar-refractivity contribution < 1.29 is 32.4 Å². The van der Waals surface area contributed by atoms with Crippen molar-refractivity contribution in [2.24, 2.45) is 0 Å². The summed E-state index contributed by atoms with van der Waals surface area (Å²) in [6.07, 6.45) is -4.51. The number of fused-ring (bicyclic) bond motifs is 1. The molecule has 2 amide bonds. The molecule has 0 radical (unpaired) electrons. The Morgan fingerprint density at radius 3 is 2.50 bits per heavy atom. The Morgan fingerprint density at radius 2 is 1.91 bits per heavy atom. The summed E-state index contributed by atoms with van der Waals surface area (Å²) >= 11 is 0. The van der Waals surface area contributed by atoms with Gasteiger partial charge < -0.3 is 4.74 Å². The molecule has 0 fully saturated rings. The van der Waals surface area contributed by atoms with Crippen LogP contribution in [0.4, 0.5) is 18.9 Å². The molecule has 2 rings (SSSR count). The van der Waals surface area contributed by atoms with E-state index in [1.165, 1.54) is 12.1 Å². The van der Waals surface area contributed by atoms with Crippen LogP contribution in [-0.4, -0.2) is 47.6 Å². The minimum atomic E-state index is -4.51. The number of nitro groups is 1. The Kier molecular flexibility index (Phi) is 4.13. The zero-order chi connectivity index (χ0) is 16.5. The molecule has 1 aliphatic rings. The first kappa shape index (κ1) is 15.9. The van der Waals surface area contributed by atoms with Crippen molar-refractivity contribution in [2.75, 3.05) is 19.8 Å². The number of carbonyl (C=O) groups excluding carboxylic acids is 2. The van der Waals surface area contributed by atoms with Gasteiger partial charge in [0.25, 0.3) is 17.5 Å². The molecule has 1 aliphatic heterocycles. The first-order valence-electron chi connectivity index (χ1n) is 6.00. The third-order valence-electron chi connectivity index (χ3n) is 2.90. The summed E-state index contributed by atoms with van der Waals surface area (Å²) in [5.74, 6) is -1.71. The highest BCUT2D eigenvalue weighted by molar-refractivity contribution is 6.23. The number of carbonyl (C=O) groups is 2. The van der Waals surface area contributed by atoms with Gasteiger partial charge in [0.2, 0.25) is 0 Å². The van der Waals surface area contributed by atoms with Gasteiger partial charge in [-0.1, -0.05) is 6.07 Å². The Morgan fingerprint density at radius 1 is 1.23 bits per heavy atom. The van der Waals surface area contributed by atoms with E-state index in [1.807, 2.05) is 0 Å². The van der Waals surface area contributed by atoms with E-state index in [0.717, 1.165) is 6.07 Å². The van der Waals surface area contributed by atoms with Crippen LogP contribution in [0.3, 0.4) is 0 Å². The average Bonchev–Trinajstić information content (AvgIpc) is 2.67. The molecule has 0 spiro atoms. The van der Waals surface area contributed by atoms with Crippen LogP contribution in [0.5, 0.6) is 0 Å². The summed E-state index contributed by atoms with van der Waals surface area (Å²) in [7, 11) is 0. The van der Waals surface area contributed by atoms with Crippen molar-refractivity contribution >= 4 is 17.5 Å². The number of benzene rings is 1. The van der Waals surface area contributed by atoms with E-state index in [0.29, 0.717) is 4.90 Å². The molecule has 0 saturated carbocycles. The summed E-state index contributed by atoms with van der Waals surface area (Å²) in [5, 5.41) is 10.9. The van der Waals surface area contributed by atoms with Gasteiger partial charge in [-0.3, -0.25) is 24.6 Å². The Hall–Kier alpha value is -2.49. The first-order chi connectivity index (χ1) is 10.2. The lowest BCUT2D eigenvalue weighted by molar-refractivity contribution is -0.385. The fourth-order valence-corrected chi connectivity index (χ4v) is 2.01. The smallest absolute Gasteiger partial charge is 0.370 e. The van der Waals surface area contributed by atoms with Gasteiger partial charge in [0.15, 0.2) is 0 Å². The number of nitrogens with zero attached hydrogens (tertiary/aromatic N) is 2. The second-order valence-electron chi connectivity index (χ2n) is 4.39. The first-order valence-corrected chi connectivity index (χ1v) is 6.00. The van der Waals surface area contributed by atoms with E-state index in [9.17, 15) is 32.9 Å². The van der Waals surface area contributed by atoms with E-state index in [2.05, 4.69) is 4.74 Å². The molecule has 118 valence electrons. The van der Waals surface area contributed by atoms with Gasteiger partial charge in [0, 0.05) is 6.07 Å². The molecule has 0 unspecified atom stereocenters. The Balaban J connectivity index is 2.11. The SMILES string of the molecule is O=C1c2cccc([N+](=O)[O-])c2C(=O)N1CCOCC(F)(F)F. The standard InChI is InChI=1S/C12H9F3N2O5/c13-12(14,15)6-22-5-4-16-10(18)7-2-1-3-8(17(20)21)9(7)11(16)19/h1-3H,4-6H2. The van der Waals surface area contributed by atoms with E-state index < -0.39 is 48.4 Å². The van der Waals surface area contributed by atoms with Gasteiger partial charge in [-0.05, 0) is 6.07 Å². The highest BCUT2D eigenvalue weighted by atomic mass is 19.4. The zero-order valence-electron chi connectivity index (χ0n) is 10.9. The minimum Gasteiger partial charge on any atom is -0.370 e. The number of amides is 2. The summed E-state index contributed by atoms with van der Waals surface area (Å²) in [4.78, 5) is 34.7. The van der Waals surface area contributed by atoms with Crippen LogP contribution in [0, 0.1) is 10.1 Å². The van der Waals surface area contributed by atoms with E-state index in [4.69, 9.17) is 0 Å².